The topological polar surface area (TPSA) is 60.8 Å². The molecule has 1 amide bonds. The third kappa shape index (κ3) is 1.65. The molecular formula is C12H15NO3. The molecule has 1 heterocycles. The smallest absolute Gasteiger partial charge is 0.407 e. The first-order chi connectivity index (χ1) is 7.65. The van der Waals surface area contributed by atoms with Crippen molar-refractivity contribution in [3.8, 4) is 0 Å². The fourth-order valence-corrected chi connectivity index (χ4v) is 2.35. The number of fused-ring (bicyclic) bond motifs is 1. The van der Waals surface area contributed by atoms with E-state index in [-0.39, 0.29) is 12.6 Å². The minimum absolute atomic E-state index is 0.0168. The minimum atomic E-state index is -0.882. The third-order valence-electron chi connectivity index (χ3n) is 3.25. The Morgan fingerprint density at radius 2 is 2.31 bits per heavy atom. The van der Waals surface area contributed by atoms with Crippen molar-refractivity contribution in [1.29, 1.82) is 0 Å². The average Bonchev–Trinajstić information content (AvgIpc) is 2.28. The lowest BCUT2D eigenvalue weighted by Crippen LogP contribution is -2.38. The van der Waals surface area contributed by atoms with Crippen molar-refractivity contribution in [1.82, 2.24) is 4.90 Å². The van der Waals surface area contributed by atoms with Crippen molar-refractivity contribution in [2.75, 3.05) is 6.54 Å². The Morgan fingerprint density at radius 1 is 1.56 bits per heavy atom. The normalized spacial score (nSPS) is 19.4. The predicted octanol–water partition coefficient (Wildman–Crippen LogP) is 1.78. The fourth-order valence-electron chi connectivity index (χ4n) is 2.35. The monoisotopic (exact) mass is 221 g/mol. The maximum Gasteiger partial charge on any atom is 0.407 e. The van der Waals surface area contributed by atoms with E-state index in [0.29, 0.717) is 13.0 Å². The maximum atomic E-state index is 11.0. The second-order valence-electron chi connectivity index (χ2n) is 4.04. The molecule has 1 aliphatic heterocycles. The molecule has 0 radical (unpaired) electrons. The minimum Gasteiger partial charge on any atom is -0.465 e. The van der Waals surface area contributed by atoms with Crippen LogP contribution in [0.4, 0.5) is 4.79 Å². The van der Waals surface area contributed by atoms with Crippen molar-refractivity contribution in [3.63, 3.8) is 0 Å². The number of hydrogen-bond donors (Lipinski definition) is 2. The molecule has 0 saturated heterocycles. The lowest BCUT2D eigenvalue weighted by Gasteiger charge is -2.34. The number of nitrogens with zero attached hydrogens (tertiary/aromatic N) is 1. The molecule has 1 aromatic carbocycles. The van der Waals surface area contributed by atoms with E-state index in [1.807, 2.05) is 25.1 Å². The Bertz CT molecular complexity index is 417. The summed E-state index contributed by atoms with van der Waals surface area (Å²) >= 11 is 0. The van der Waals surface area contributed by atoms with Gasteiger partial charge in [-0.05, 0) is 30.0 Å². The third-order valence-corrected chi connectivity index (χ3v) is 3.25. The summed E-state index contributed by atoms with van der Waals surface area (Å²) in [5.74, 6) is 0. The van der Waals surface area contributed by atoms with Gasteiger partial charge in [0.1, 0.15) is 0 Å². The summed E-state index contributed by atoms with van der Waals surface area (Å²) in [5, 5.41) is 18.3. The molecule has 1 atom stereocenters. The van der Waals surface area contributed by atoms with Crippen molar-refractivity contribution in [2.24, 2.45) is 0 Å². The standard InChI is InChI=1S/C12H15NO3/c1-8-10-4-2-3-9(7-14)11(10)5-6-13(8)12(15)16/h2-4,8,14H,5-7H2,1H3,(H,15,16)/t8-/m0/s1. The van der Waals surface area contributed by atoms with E-state index in [0.717, 1.165) is 16.7 Å². The number of carbonyl (C=O) groups is 1. The Morgan fingerprint density at radius 3 is 2.94 bits per heavy atom. The fraction of sp³-hybridized carbons (Fsp3) is 0.417. The van der Waals surface area contributed by atoms with Gasteiger partial charge in [0.25, 0.3) is 0 Å². The maximum absolute atomic E-state index is 11.0. The number of aliphatic hydroxyl groups excluding tert-OH is 1. The number of hydrogen-bond acceptors (Lipinski definition) is 2. The molecule has 2 rings (SSSR count). The first-order valence-corrected chi connectivity index (χ1v) is 5.36. The van der Waals surface area contributed by atoms with Gasteiger partial charge >= 0.3 is 6.09 Å². The summed E-state index contributed by atoms with van der Waals surface area (Å²) in [4.78, 5) is 12.4. The SMILES string of the molecule is C[C@H]1c2cccc(CO)c2CCN1C(=O)O. The van der Waals surface area contributed by atoms with Gasteiger partial charge in [-0.25, -0.2) is 4.79 Å². The van der Waals surface area contributed by atoms with E-state index in [4.69, 9.17) is 5.11 Å². The highest BCUT2D eigenvalue weighted by molar-refractivity contribution is 5.66. The van der Waals surface area contributed by atoms with Crippen LogP contribution in [-0.2, 0) is 13.0 Å². The van der Waals surface area contributed by atoms with E-state index >= 15 is 0 Å². The highest BCUT2D eigenvalue weighted by Crippen LogP contribution is 2.31. The highest BCUT2D eigenvalue weighted by Gasteiger charge is 2.28. The van der Waals surface area contributed by atoms with Gasteiger partial charge in [0.15, 0.2) is 0 Å². The molecule has 0 unspecified atom stereocenters. The Hall–Kier alpha value is -1.55. The Kier molecular flexibility index (Phi) is 2.83. The molecule has 0 bridgehead atoms. The summed E-state index contributed by atoms with van der Waals surface area (Å²) in [6.07, 6.45) is -0.199. The number of amides is 1. The summed E-state index contributed by atoms with van der Waals surface area (Å²) in [7, 11) is 0. The molecule has 1 aliphatic rings. The van der Waals surface area contributed by atoms with Crippen LogP contribution in [0, 0.1) is 0 Å². The van der Waals surface area contributed by atoms with Crippen molar-refractivity contribution in [2.45, 2.75) is 26.0 Å². The summed E-state index contributed by atoms with van der Waals surface area (Å²) in [5.41, 5.74) is 3.03. The second-order valence-corrected chi connectivity index (χ2v) is 4.04. The van der Waals surface area contributed by atoms with Gasteiger partial charge in [-0.2, -0.15) is 0 Å². The molecule has 1 aromatic rings. The lowest BCUT2D eigenvalue weighted by atomic mass is 9.90. The molecule has 2 N–H and O–H groups in total. The molecule has 0 aliphatic carbocycles. The Labute approximate surface area is 94.1 Å². The summed E-state index contributed by atoms with van der Waals surface area (Å²) < 4.78 is 0. The van der Waals surface area contributed by atoms with Gasteiger partial charge in [-0.3, -0.25) is 0 Å². The van der Waals surface area contributed by atoms with Gasteiger partial charge < -0.3 is 15.1 Å². The van der Waals surface area contributed by atoms with E-state index in [1.165, 1.54) is 4.90 Å². The first kappa shape index (κ1) is 11.0. The highest BCUT2D eigenvalue weighted by atomic mass is 16.4. The zero-order valence-electron chi connectivity index (χ0n) is 9.18. The van der Waals surface area contributed by atoms with Crippen LogP contribution < -0.4 is 0 Å². The summed E-state index contributed by atoms with van der Waals surface area (Å²) in [6, 6.07) is 5.57. The van der Waals surface area contributed by atoms with Gasteiger partial charge in [0.2, 0.25) is 0 Å². The zero-order valence-corrected chi connectivity index (χ0v) is 9.18. The number of carboxylic acid groups (broad SMARTS) is 1. The molecule has 0 fully saturated rings. The molecule has 16 heavy (non-hydrogen) atoms. The van der Waals surface area contributed by atoms with E-state index in [9.17, 15) is 9.90 Å². The van der Waals surface area contributed by atoms with Crippen LogP contribution in [0.3, 0.4) is 0 Å². The number of aliphatic hydroxyl groups is 1. The van der Waals surface area contributed by atoms with Crippen LogP contribution in [0.25, 0.3) is 0 Å². The van der Waals surface area contributed by atoms with E-state index in [2.05, 4.69) is 0 Å². The van der Waals surface area contributed by atoms with Gasteiger partial charge in [-0.15, -0.1) is 0 Å². The molecule has 86 valence electrons. The van der Waals surface area contributed by atoms with Crippen LogP contribution >= 0.6 is 0 Å². The number of benzene rings is 1. The lowest BCUT2D eigenvalue weighted by molar-refractivity contribution is 0.124. The van der Waals surface area contributed by atoms with Gasteiger partial charge in [0, 0.05) is 6.54 Å². The van der Waals surface area contributed by atoms with Gasteiger partial charge in [-0.1, -0.05) is 18.2 Å². The van der Waals surface area contributed by atoms with Crippen LogP contribution in [-0.4, -0.2) is 27.8 Å². The largest absolute Gasteiger partial charge is 0.465 e. The van der Waals surface area contributed by atoms with Crippen LogP contribution in [0.5, 0.6) is 0 Å². The van der Waals surface area contributed by atoms with Gasteiger partial charge in [0.05, 0.1) is 12.6 Å². The van der Waals surface area contributed by atoms with E-state index < -0.39 is 6.09 Å². The van der Waals surface area contributed by atoms with Crippen LogP contribution in [0.2, 0.25) is 0 Å². The zero-order chi connectivity index (χ0) is 11.7. The van der Waals surface area contributed by atoms with Crippen molar-refractivity contribution < 1.29 is 15.0 Å². The van der Waals surface area contributed by atoms with Crippen LogP contribution in [0.1, 0.15) is 29.7 Å². The van der Waals surface area contributed by atoms with Crippen molar-refractivity contribution in [3.05, 3.63) is 34.9 Å². The number of rotatable bonds is 1. The summed E-state index contributed by atoms with van der Waals surface area (Å²) in [6.45, 7) is 2.40. The Balaban J connectivity index is 2.42. The average molecular weight is 221 g/mol. The predicted molar refractivity (Wildman–Crippen MR) is 59.2 cm³/mol. The molecular weight excluding hydrogens is 206 g/mol. The molecule has 4 heteroatoms. The quantitative estimate of drug-likeness (QED) is 0.759. The second kappa shape index (κ2) is 4.14. The van der Waals surface area contributed by atoms with E-state index in [1.54, 1.807) is 0 Å². The first-order valence-electron chi connectivity index (χ1n) is 5.36. The molecule has 0 aromatic heterocycles. The van der Waals surface area contributed by atoms with Crippen LogP contribution in [0.15, 0.2) is 18.2 Å². The molecule has 0 spiro atoms. The van der Waals surface area contributed by atoms with Crippen molar-refractivity contribution >= 4 is 6.09 Å². The molecule has 4 nitrogen and oxygen atoms in total. The molecule has 0 saturated carbocycles.